The van der Waals surface area contributed by atoms with E-state index < -0.39 is 28.3 Å². The summed E-state index contributed by atoms with van der Waals surface area (Å²) in [5, 5.41) is 9.98. The van der Waals surface area contributed by atoms with Crippen LogP contribution in [-0.4, -0.2) is 50.0 Å². The highest BCUT2D eigenvalue weighted by Crippen LogP contribution is 2.22. The third kappa shape index (κ3) is 5.58. The molecule has 0 aliphatic carbocycles. The van der Waals surface area contributed by atoms with Crippen molar-refractivity contribution < 1.29 is 27.9 Å². The average Bonchev–Trinajstić information content (AvgIpc) is 2.77. The van der Waals surface area contributed by atoms with Crippen molar-refractivity contribution in [3.05, 3.63) is 59.7 Å². The molecule has 0 bridgehead atoms. The third-order valence-electron chi connectivity index (χ3n) is 4.84. The first kappa shape index (κ1) is 21.8. The Morgan fingerprint density at radius 3 is 2.43 bits per heavy atom. The molecule has 0 atom stereocenters. The number of carbonyl (C=O) groups excluding carboxylic acids is 2. The van der Waals surface area contributed by atoms with Gasteiger partial charge in [-0.1, -0.05) is 30.3 Å². The van der Waals surface area contributed by atoms with Crippen LogP contribution in [0.4, 0.5) is 0 Å². The lowest BCUT2D eigenvalue weighted by atomic mass is 10.1. The van der Waals surface area contributed by atoms with Crippen molar-refractivity contribution >= 4 is 21.9 Å². The minimum Gasteiger partial charge on any atom is -0.507 e. The first-order valence-corrected chi connectivity index (χ1v) is 11.2. The van der Waals surface area contributed by atoms with Gasteiger partial charge in [-0.2, -0.15) is 0 Å². The van der Waals surface area contributed by atoms with Gasteiger partial charge in [-0.25, -0.2) is 17.9 Å². The van der Waals surface area contributed by atoms with E-state index in [2.05, 4.69) is 4.72 Å². The number of rotatable bonds is 7. The Morgan fingerprint density at radius 2 is 1.73 bits per heavy atom. The van der Waals surface area contributed by atoms with Gasteiger partial charge in [0.1, 0.15) is 11.3 Å². The fraction of sp³-hybridized carbons (Fsp3) is 0.333. The number of hydrogen-bond donors (Lipinski definition) is 2. The van der Waals surface area contributed by atoms with Crippen molar-refractivity contribution in [2.24, 2.45) is 0 Å². The molecule has 2 aromatic carbocycles. The highest BCUT2D eigenvalue weighted by atomic mass is 32.2. The van der Waals surface area contributed by atoms with Crippen LogP contribution in [-0.2, 0) is 26.1 Å². The minimum absolute atomic E-state index is 0.0775. The minimum atomic E-state index is -3.92. The molecule has 0 saturated carbocycles. The number of aromatic hydroxyl groups is 1. The number of sulfonamides is 1. The number of nitrogens with zero attached hydrogens (tertiary/aromatic N) is 1. The van der Waals surface area contributed by atoms with Gasteiger partial charge >= 0.3 is 5.97 Å². The summed E-state index contributed by atoms with van der Waals surface area (Å²) in [4.78, 5) is 25.9. The molecule has 1 fully saturated rings. The summed E-state index contributed by atoms with van der Waals surface area (Å²) >= 11 is 0. The highest BCUT2D eigenvalue weighted by Gasteiger charge is 2.22. The lowest BCUT2D eigenvalue weighted by Gasteiger charge is -2.26. The number of ether oxygens (including phenoxy) is 1. The zero-order valence-electron chi connectivity index (χ0n) is 16.4. The first-order valence-electron chi connectivity index (χ1n) is 9.68. The van der Waals surface area contributed by atoms with E-state index in [9.17, 15) is 23.1 Å². The summed E-state index contributed by atoms with van der Waals surface area (Å²) in [5.41, 5.74) is 0.458. The fourth-order valence-corrected chi connectivity index (χ4v) is 4.19. The summed E-state index contributed by atoms with van der Waals surface area (Å²) < 4.78 is 32.6. The van der Waals surface area contributed by atoms with Crippen LogP contribution in [0.1, 0.15) is 35.2 Å². The van der Waals surface area contributed by atoms with E-state index in [1.165, 1.54) is 6.07 Å². The molecule has 9 heteroatoms. The Hall–Kier alpha value is -2.91. The van der Waals surface area contributed by atoms with E-state index >= 15 is 0 Å². The van der Waals surface area contributed by atoms with Crippen molar-refractivity contribution in [2.45, 2.75) is 30.7 Å². The van der Waals surface area contributed by atoms with Crippen molar-refractivity contribution in [3.8, 4) is 5.75 Å². The molecule has 3 rings (SSSR count). The topological polar surface area (TPSA) is 113 Å². The molecule has 1 aliphatic heterocycles. The number of nitrogens with one attached hydrogen (secondary N) is 1. The van der Waals surface area contributed by atoms with Crippen molar-refractivity contribution in [1.82, 2.24) is 9.62 Å². The largest absolute Gasteiger partial charge is 0.507 e. The standard InChI is InChI=1S/C21H24N2O6S/c24-19-10-9-17(30(27,28)22-14-16-7-3-1-4-8-16)13-18(19)21(26)29-15-20(25)23-11-5-2-6-12-23/h1,3-4,7-10,13,22,24H,2,5-6,11-12,14-15H2. The Kier molecular flexibility index (Phi) is 7.07. The Labute approximate surface area is 175 Å². The van der Waals surface area contributed by atoms with Crippen LogP contribution in [0.2, 0.25) is 0 Å². The normalized spacial score (nSPS) is 14.3. The van der Waals surface area contributed by atoms with E-state index in [1.807, 2.05) is 6.07 Å². The molecule has 8 nitrogen and oxygen atoms in total. The maximum atomic E-state index is 12.6. The number of hydrogen-bond acceptors (Lipinski definition) is 6. The predicted octanol–water partition coefficient (Wildman–Crippen LogP) is 2.04. The van der Waals surface area contributed by atoms with Crippen molar-refractivity contribution in [3.63, 3.8) is 0 Å². The molecule has 2 aromatic rings. The van der Waals surface area contributed by atoms with Crippen LogP contribution >= 0.6 is 0 Å². The van der Waals surface area contributed by atoms with Crippen molar-refractivity contribution in [2.75, 3.05) is 19.7 Å². The zero-order chi connectivity index (χ0) is 21.6. The quantitative estimate of drug-likeness (QED) is 0.648. The lowest BCUT2D eigenvalue weighted by Crippen LogP contribution is -2.38. The van der Waals surface area contributed by atoms with Crippen molar-refractivity contribution in [1.29, 1.82) is 0 Å². The molecule has 0 spiro atoms. The monoisotopic (exact) mass is 432 g/mol. The van der Waals surface area contributed by atoms with Gasteiger partial charge in [-0.3, -0.25) is 4.79 Å². The molecule has 0 unspecified atom stereocenters. The van der Waals surface area contributed by atoms with Gasteiger partial charge < -0.3 is 14.7 Å². The Bertz CT molecular complexity index is 1000. The van der Waals surface area contributed by atoms with Crippen LogP contribution in [0.5, 0.6) is 5.75 Å². The summed E-state index contributed by atoms with van der Waals surface area (Å²) in [6, 6.07) is 12.3. The SMILES string of the molecule is O=C(OCC(=O)N1CCCCC1)c1cc(S(=O)(=O)NCc2ccccc2)ccc1O. The number of phenols is 1. The molecule has 1 amide bonds. The van der Waals surface area contributed by atoms with Gasteiger partial charge in [-0.05, 0) is 43.0 Å². The molecule has 1 heterocycles. The fourth-order valence-electron chi connectivity index (χ4n) is 3.14. The number of likely N-dealkylation sites (tertiary alicyclic amines) is 1. The van der Waals surface area contributed by atoms with E-state index in [4.69, 9.17) is 4.74 Å². The van der Waals surface area contributed by atoms with E-state index in [-0.39, 0.29) is 22.9 Å². The molecular formula is C21H24N2O6S. The summed E-state index contributed by atoms with van der Waals surface area (Å²) in [6.45, 7) is 0.876. The molecule has 160 valence electrons. The molecule has 2 N–H and O–H groups in total. The highest BCUT2D eigenvalue weighted by molar-refractivity contribution is 7.89. The summed E-state index contributed by atoms with van der Waals surface area (Å²) in [6.07, 6.45) is 2.89. The number of amides is 1. The molecule has 0 aromatic heterocycles. The molecule has 1 aliphatic rings. The van der Waals surface area contributed by atoms with Gasteiger partial charge in [0.05, 0.1) is 4.90 Å². The van der Waals surface area contributed by atoms with E-state index in [1.54, 1.807) is 29.2 Å². The van der Waals surface area contributed by atoms with E-state index in [0.29, 0.717) is 13.1 Å². The third-order valence-corrected chi connectivity index (χ3v) is 6.24. The number of carbonyl (C=O) groups is 2. The average molecular weight is 432 g/mol. The number of esters is 1. The second-order valence-electron chi connectivity index (χ2n) is 7.01. The van der Waals surface area contributed by atoms with Gasteiger partial charge in [0, 0.05) is 19.6 Å². The maximum Gasteiger partial charge on any atom is 0.342 e. The van der Waals surface area contributed by atoms with Gasteiger partial charge in [0.25, 0.3) is 5.91 Å². The summed E-state index contributed by atoms with van der Waals surface area (Å²) in [5.74, 6) is -1.69. The van der Waals surface area contributed by atoms with Crippen LogP contribution in [0.25, 0.3) is 0 Å². The van der Waals surface area contributed by atoms with E-state index in [0.717, 1.165) is 37.0 Å². The lowest BCUT2D eigenvalue weighted by molar-refractivity contribution is -0.135. The smallest absolute Gasteiger partial charge is 0.342 e. The maximum absolute atomic E-state index is 12.6. The summed E-state index contributed by atoms with van der Waals surface area (Å²) in [7, 11) is -3.92. The number of benzene rings is 2. The second kappa shape index (κ2) is 9.73. The van der Waals surface area contributed by atoms with Crippen LogP contribution in [0.3, 0.4) is 0 Å². The zero-order valence-corrected chi connectivity index (χ0v) is 17.2. The Morgan fingerprint density at radius 1 is 1.03 bits per heavy atom. The van der Waals surface area contributed by atoms with Crippen LogP contribution in [0, 0.1) is 0 Å². The Balaban J connectivity index is 1.66. The second-order valence-corrected chi connectivity index (χ2v) is 8.77. The van der Waals surface area contributed by atoms with Crippen LogP contribution in [0.15, 0.2) is 53.4 Å². The predicted molar refractivity (Wildman–Crippen MR) is 109 cm³/mol. The van der Waals surface area contributed by atoms with Gasteiger partial charge in [0.2, 0.25) is 10.0 Å². The van der Waals surface area contributed by atoms with Crippen LogP contribution < -0.4 is 4.72 Å². The first-order chi connectivity index (χ1) is 14.4. The molecule has 0 radical (unpaired) electrons. The molecule has 30 heavy (non-hydrogen) atoms. The molecular weight excluding hydrogens is 408 g/mol. The molecule has 1 saturated heterocycles. The van der Waals surface area contributed by atoms with Gasteiger partial charge in [0.15, 0.2) is 6.61 Å². The van der Waals surface area contributed by atoms with Gasteiger partial charge in [-0.15, -0.1) is 0 Å². The number of phenolic OH excluding ortho intramolecular Hbond substituents is 1. The number of piperidine rings is 1.